The summed E-state index contributed by atoms with van der Waals surface area (Å²) in [5.74, 6) is 1.70. The molecule has 2 amide bonds. The van der Waals surface area contributed by atoms with E-state index in [-0.39, 0.29) is 18.1 Å². The summed E-state index contributed by atoms with van der Waals surface area (Å²) in [4.78, 5) is 31.8. The van der Waals surface area contributed by atoms with Crippen molar-refractivity contribution in [1.82, 2.24) is 34.9 Å². The van der Waals surface area contributed by atoms with E-state index in [1.807, 2.05) is 60.6 Å². The number of carbonyl (C=O) groups is 1. The van der Waals surface area contributed by atoms with Crippen molar-refractivity contribution in [3.63, 3.8) is 0 Å². The molecule has 238 valence electrons. The highest BCUT2D eigenvalue weighted by Crippen LogP contribution is 2.30. The number of amides is 2. The van der Waals surface area contributed by atoms with E-state index in [4.69, 9.17) is 4.98 Å². The maximum atomic E-state index is 13.7. The van der Waals surface area contributed by atoms with E-state index < -0.39 is 0 Å². The average molecular weight is 620 g/mol. The molecule has 3 aromatic heterocycles. The first kappa shape index (κ1) is 31.0. The molecule has 46 heavy (non-hydrogen) atoms. The molecule has 1 aromatic carbocycles. The fraction of sp³-hybridized carbons (Fsp3) is 0.412. The third-order valence-electron chi connectivity index (χ3n) is 8.76. The van der Waals surface area contributed by atoms with Gasteiger partial charge in [0.15, 0.2) is 0 Å². The molecule has 0 spiro atoms. The standard InChI is InChI=1S/C34H41N11O/c1-43-24-28(23-40-43)26-9-14-31(37-21-26)45(34(46)39-20-25-7-3-2-4-8-25)30-12-10-29(11-13-30)41-33-38-22-27(19-35)32(42-33)36-15-18-44-16-5-6-17-44/h2-4,7-9,14,21-24,29-30H,5-6,10-13,15-18,20H2,1H3,(H,39,46)(H2,36,38,41,42)/t29-,30-. The quantitative estimate of drug-likeness (QED) is 0.216. The fourth-order valence-electron chi connectivity index (χ4n) is 6.25. The summed E-state index contributed by atoms with van der Waals surface area (Å²) in [6.45, 7) is 4.36. The van der Waals surface area contributed by atoms with Crippen molar-refractivity contribution in [2.24, 2.45) is 7.05 Å². The number of nitriles is 1. The van der Waals surface area contributed by atoms with Crippen LogP contribution in [0.2, 0.25) is 0 Å². The number of urea groups is 1. The van der Waals surface area contributed by atoms with Crippen LogP contribution < -0.4 is 20.9 Å². The van der Waals surface area contributed by atoms with E-state index in [9.17, 15) is 10.1 Å². The number of anilines is 3. The minimum absolute atomic E-state index is 0.0183. The Labute approximate surface area is 269 Å². The number of hydrogen-bond acceptors (Lipinski definition) is 9. The van der Waals surface area contributed by atoms with E-state index in [2.05, 4.69) is 42.0 Å². The number of aryl methyl sites for hydroxylation is 1. The second kappa shape index (κ2) is 14.8. The molecule has 0 unspecified atom stereocenters. The van der Waals surface area contributed by atoms with Crippen molar-refractivity contribution in [2.75, 3.05) is 41.7 Å². The van der Waals surface area contributed by atoms with Gasteiger partial charge < -0.3 is 20.9 Å². The lowest BCUT2D eigenvalue weighted by molar-refractivity contribution is 0.240. The molecule has 4 heterocycles. The number of benzene rings is 1. The SMILES string of the molecule is Cn1cc(-c2ccc(N(C(=O)NCc3ccccc3)[C@H]3CC[C@H](Nc4ncc(C#N)c(NCCN5CCCC5)n4)CC3)nc2)cn1. The lowest BCUT2D eigenvalue weighted by Crippen LogP contribution is -2.49. The van der Waals surface area contributed by atoms with E-state index in [1.165, 1.54) is 12.8 Å². The molecule has 1 saturated carbocycles. The summed E-state index contributed by atoms with van der Waals surface area (Å²) in [6.07, 6.45) is 12.9. The first-order chi connectivity index (χ1) is 22.6. The number of pyridine rings is 1. The van der Waals surface area contributed by atoms with Crippen LogP contribution in [0.15, 0.2) is 67.3 Å². The van der Waals surface area contributed by atoms with Gasteiger partial charge in [0, 0.05) is 62.3 Å². The van der Waals surface area contributed by atoms with Gasteiger partial charge in [0.25, 0.3) is 0 Å². The normalized spacial score (nSPS) is 18.1. The highest BCUT2D eigenvalue weighted by Gasteiger charge is 2.31. The molecule has 12 heteroatoms. The van der Waals surface area contributed by atoms with Crippen molar-refractivity contribution in [3.8, 4) is 17.2 Å². The molecular weight excluding hydrogens is 578 g/mol. The van der Waals surface area contributed by atoms with Gasteiger partial charge in [-0.1, -0.05) is 30.3 Å². The number of rotatable bonds is 11. The third kappa shape index (κ3) is 7.79. The molecule has 12 nitrogen and oxygen atoms in total. The lowest BCUT2D eigenvalue weighted by atomic mass is 9.90. The van der Waals surface area contributed by atoms with Gasteiger partial charge in [0.1, 0.15) is 23.3 Å². The monoisotopic (exact) mass is 619 g/mol. The van der Waals surface area contributed by atoms with Crippen LogP contribution in [0.25, 0.3) is 11.1 Å². The zero-order chi connectivity index (χ0) is 31.7. The van der Waals surface area contributed by atoms with Crippen molar-refractivity contribution in [2.45, 2.75) is 57.2 Å². The number of carbonyl (C=O) groups excluding carboxylic acids is 1. The topological polar surface area (TPSA) is 140 Å². The van der Waals surface area contributed by atoms with Crippen LogP contribution >= 0.6 is 0 Å². The van der Waals surface area contributed by atoms with Gasteiger partial charge in [-0.2, -0.15) is 15.3 Å². The summed E-state index contributed by atoms with van der Waals surface area (Å²) in [5, 5.41) is 23.8. The first-order valence-electron chi connectivity index (χ1n) is 16.1. The molecule has 0 bridgehead atoms. The van der Waals surface area contributed by atoms with Crippen LogP contribution in [0.1, 0.15) is 49.7 Å². The van der Waals surface area contributed by atoms with Crippen LogP contribution in [-0.4, -0.2) is 73.9 Å². The number of likely N-dealkylation sites (tertiary alicyclic amines) is 1. The van der Waals surface area contributed by atoms with Crippen molar-refractivity contribution >= 4 is 23.6 Å². The maximum Gasteiger partial charge on any atom is 0.323 e. The second-order valence-electron chi connectivity index (χ2n) is 12.0. The lowest BCUT2D eigenvalue weighted by Gasteiger charge is -2.36. The number of nitrogens with zero attached hydrogens (tertiary/aromatic N) is 8. The minimum Gasteiger partial charge on any atom is -0.368 e. The average Bonchev–Trinajstić information content (AvgIpc) is 3.78. The van der Waals surface area contributed by atoms with E-state index in [1.54, 1.807) is 23.3 Å². The summed E-state index contributed by atoms with van der Waals surface area (Å²) in [7, 11) is 1.88. The van der Waals surface area contributed by atoms with Crippen LogP contribution in [-0.2, 0) is 13.6 Å². The summed E-state index contributed by atoms with van der Waals surface area (Å²) in [6, 6.07) is 16.0. The highest BCUT2D eigenvalue weighted by atomic mass is 16.2. The van der Waals surface area contributed by atoms with Gasteiger partial charge in [0.2, 0.25) is 5.95 Å². The van der Waals surface area contributed by atoms with Gasteiger partial charge in [0.05, 0.1) is 12.4 Å². The zero-order valence-corrected chi connectivity index (χ0v) is 26.3. The Hall–Kier alpha value is -5.02. The molecule has 0 radical (unpaired) electrons. The molecule has 2 fully saturated rings. The molecule has 1 aliphatic carbocycles. The van der Waals surface area contributed by atoms with Crippen LogP contribution in [0, 0.1) is 11.3 Å². The van der Waals surface area contributed by atoms with E-state index in [0.717, 1.165) is 68.6 Å². The predicted molar refractivity (Wildman–Crippen MR) is 178 cm³/mol. The van der Waals surface area contributed by atoms with Gasteiger partial charge >= 0.3 is 6.03 Å². The Kier molecular flexibility index (Phi) is 10.00. The Bertz CT molecular complexity index is 1620. The molecular formula is C34H41N11O. The number of nitrogens with one attached hydrogen (secondary N) is 3. The highest BCUT2D eigenvalue weighted by molar-refractivity contribution is 5.91. The Morgan fingerprint density at radius 1 is 1.00 bits per heavy atom. The maximum absolute atomic E-state index is 13.7. The number of hydrogen-bond donors (Lipinski definition) is 3. The van der Waals surface area contributed by atoms with Crippen LogP contribution in [0.5, 0.6) is 0 Å². The van der Waals surface area contributed by atoms with Crippen molar-refractivity contribution < 1.29 is 4.79 Å². The molecule has 3 N–H and O–H groups in total. The van der Waals surface area contributed by atoms with Gasteiger partial charge in [-0.15, -0.1) is 0 Å². The number of aromatic nitrogens is 5. The van der Waals surface area contributed by atoms with Crippen molar-refractivity contribution in [3.05, 3.63) is 78.4 Å². The largest absolute Gasteiger partial charge is 0.368 e. The van der Waals surface area contributed by atoms with Gasteiger partial charge in [-0.25, -0.2) is 14.8 Å². The van der Waals surface area contributed by atoms with Gasteiger partial charge in [-0.05, 0) is 69.3 Å². The van der Waals surface area contributed by atoms with Crippen LogP contribution in [0.3, 0.4) is 0 Å². The molecule has 0 atom stereocenters. The molecule has 4 aromatic rings. The Morgan fingerprint density at radius 3 is 2.50 bits per heavy atom. The first-order valence-corrected chi connectivity index (χ1v) is 16.1. The molecule has 2 aliphatic rings. The molecule has 1 saturated heterocycles. The second-order valence-corrected chi connectivity index (χ2v) is 12.0. The fourth-order valence-corrected chi connectivity index (χ4v) is 6.25. The smallest absolute Gasteiger partial charge is 0.323 e. The summed E-state index contributed by atoms with van der Waals surface area (Å²) < 4.78 is 1.76. The van der Waals surface area contributed by atoms with Crippen molar-refractivity contribution in [1.29, 1.82) is 5.26 Å². The Morgan fingerprint density at radius 2 is 1.80 bits per heavy atom. The van der Waals surface area contributed by atoms with E-state index in [0.29, 0.717) is 29.7 Å². The summed E-state index contributed by atoms with van der Waals surface area (Å²) in [5.41, 5.74) is 3.40. The van der Waals surface area contributed by atoms with E-state index >= 15 is 0 Å². The summed E-state index contributed by atoms with van der Waals surface area (Å²) >= 11 is 0. The predicted octanol–water partition coefficient (Wildman–Crippen LogP) is 4.79. The molecule has 1 aliphatic heterocycles. The van der Waals surface area contributed by atoms with Gasteiger partial charge in [-0.3, -0.25) is 9.58 Å². The Balaban J connectivity index is 1.10. The minimum atomic E-state index is -0.165. The molecule has 6 rings (SSSR count). The zero-order valence-electron chi connectivity index (χ0n) is 26.3. The third-order valence-corrected chi connectivity index (χ3v) is 8.76. The van der Waals surface area contributed by atoms with Crippen LogP contribution in [0.4, 0.5) is 22.4 Å².